The van der Waals surface area contributed by atoms with Gasteiger partial charge in [-0.15, -0.1) is 22.9 Å². The molecule has 0 fully saturated rings. The monoisotopic (exact) mass is 311 g/mol. The number of halogens is 2. The van der Waals surface area contributed by atoms with Crippen LogP contribution in [-0.2, 0) is 5.88 Å². The number of hydrogen-bond acceptors (Lipinski definition) is 3. The summed E-state index contributed by atoms with van der Waals surface area (Å²) in [7, 11) is 0. The Morgan fingerprint density at radius 3 is 2.95 bits per heavy atom. The van der Waals surface area contributed by atoms with Gasteiger partial charge in [-0.1, -0.05) is 11.6 Å². The molecule has 3 nitrogen and oxygen atoms in total. The van der Waals surface area contributed by atoms with E-state index in [4.69, 9.17) is 23.2 Å². The predicted molar refractivity (Wildman–Crippen MR) is 80.2 cm³/mol. The van der Waals surface area contributed by atoms with Crippen molar-refractivity contribution < 1.29 is 0 Å². The maximum absolute atomic E-state index is 6.02. The number of hydrogen-bond donors (Lipinski definition) is 0. The van der Waals surface area contributed by atoms with E-state index in [-0.39, 0.29) is 6.04 Å². The maximum atomic E-state index is 6.02. The normalized spacial score (nSPS) is 13.0. The number of nitrogens with zero attached hydrogens (tertiary/aromatic N) is 3. The molecule has 0 aliphatic carbocycles. The molecule has 0 saturated heterocycles. The third-order valence-electron chi connectivity index (χ3n) is 3.04. The van der Waals surface area contributed by atoms with E-state index < -0.39 is 0 Å². The second-order valence-corrected chi connectivity index (χ2v) is 5.84. The highest BCUT2D eigenvalue weighted by Crippen LogP contribution is 2.29. The standard InChI is InChI=1S/C13H11Cl2N3S/c1-8(13-16-4-5-19-13)18-11-3-2-9(15)6-10(11)17-12(18)7-14/h2-6,8H,7H2,1H3. The lowest BCUT2D eigenvalue weighted by Gasteiger charge is -2.14. The predicted octanol–water partition coefficient (Wildman–Crippen LogP) is 4.49. The Hall–Kier alpha value is -1.10. The van der Waals surface area contributed by atoms with Gasteiger partial charge in [-0.05, 0) is 25.1 Å². The zero-order valence-electron chi connectivity index (χ0n) is 10.2. The Balaban J connectivity index is 2.21. The van der Waals surface area contributed by atoms with E-state index in [0.717, 1.165) is 21.9 Å². The van der Waals surface area contributed by atoms with E-state index >= 15 is 0 Å². The smallest absolute Gasteiger partial charge is 0.125 e. The van der Waals surface area contributed by atoms with Gasteiger partial charge in [0.15, 0.2) is 0 Å². The van der Waals surface area contributed by atoms with E-state index in [2.05, 4.69) is 21.5 Å². The van der Waals surface area contributed by atoms with Crippen LogP contribution in [0.5, 0.6) is 0 Å². The zero-order valence-corrected chi connectivity index (χ0v) is 12.5. The Bertz CT molecular complexity index is 706. The Morgan fingerprint density at radius 1 is 1.42 bits per heavy atom. The molecule has 0 amide bonds. The van der Waals surface area contributed by atoms with Crippen molar-refractivity contribution >= 4 is 45.6 Å². The second kappa shape index (κ2) is 5.12. The van der Waals surface area contributed by atoms with Gasteiger partial charge in [0.05, 0.1) is 23.0 Å². The van der Waals surface area contributed by atoms with Gasteiger partial charge >= 0.3 is 0 Å². The van der Waals surface area contributed by atoms with Crippen LogP contribution < -0.4 is 0 Å². The maximum Gasteiger partial charge on any atom is 0.125 e. The summed E-state index contributed by atoms with van der Waals surface area (Å²) in [4.78, 5) is 8.92. The van der Waals surface area contributed by atoms with Crippen LogP contribution in [-0.4, -0.2) is 14.5 Å². The number of rotatable bonds is 3. The van der Waals surface area contributed by atoms with Gasteiger partial charge in [0.1, 0.15) is 10.8 Å². The third kappa shape index (κ3) is 2.24. The molecular formula is C13H11Cl2N3S. The summed E-state index contributed by atoms with van der Waals surface area (Å²) < 4.78 is 2.12. The van der Waals surface area contributed by atoms with Crippen LogP contribution >= 0.6 is 34.5 Å². The van der Waals surface area contributed by atoms with Gasteiger partial charge < -0.3 is 4.57 Å². The van der Waals surface area contributed by atoms with Crippen LogP contribution in [0.15, 0.2) is 29.8 Å². The van der Waals surface area contributed by atoms with Crippen molar-refractivity contribution in [2.24, 2.45) is 0 Å². The molecule has 2 aromatic heterocycles. The lowest BCUT2D eigenvalue weighted by atomic mass is 10.3. The molecule has 1 unspecified atom stereocenters. The average molecular weight is 312 g/mol. The highest BCUT2D eigenvalue weighted by atomic mass is 35.5. The SMILES string of the molecule is CC(c1nccs1)n1c(CCl)nc2cc(Cl)ccc21. The van der Waals surface area contributed by atoms with Crippen molar-refractivity contribution in [3.8, 4) is 0 Å². The third-order valence-corrected chi connectivity index (χ3v) is 4.46. The van der Waals surface area contributed by atoms with Crippen LogP contribution in [0.1, 0.15) is 23.8 Å². The molecule has 1 aromatic carbocycles. The van der Waals surface area contributed by atoms with Crippen molar-refractivity contribution in [1.82, 2.24) is 14.5 Å². The van der Waals surface area contributed by atoms with Crippen LogP contribution in [0.3, 0.4) is 0 Å². The van der Waals surface area contributed by atoms with Gasteiger partial charge in [-0.25, -0.2) is 9.97 Å². The summed E-state index contributed by atoms with van der Waals surface area (Å²) in [5, 5.41) is 3.70. The van der Waals surface area contributed by atoms with Crippen molar-refractivity contribution in [3.63, 3.8) is 0 Å². The van der Waals surface area contributed by atoms with Crippen LogP contribution in [0.25, 0.3) is 11.0 Å². The molecule has 98 valence electrons. The van der Waals surface area contributed by atoms with Gasteiger partial charge in [-0.3, -0.25) is 0 Å². The molecule has 0 aliphatic rings. The Morgan fingerprint density at radius 2 is 2.26 bits per heavy atom. The molecule has 3 aromatic rings. The largest absolute Gasteiger partial charge is 0.317 e. The van der Waals surface area contributed by atoms with Gasteiger partial charge in [0.2, 0.25) is 0 Å². The molecule has 0 spiro atoms. The average Bonchev–Trinajstić information content (AvgIpc) is 3.04. The molecule has 2 heterocycles. The first-order valence-electron chi connectivity index (χ1n) is 5.82. The highest BCUT2D eigenvalue weighted by Gasteiger charge is 2.18. The highest BCUT2D eigenvalue weighted by molar-refractivity contribution is 7.09. The van der Waals surface area contributed by atoms with Gasteiger partial charge in [0.25, 0.3) is 0 Å². The number of imidazole rings is 1. The molecule has 0 N–H and O–H groups in total. The molecule has 0 saturated carbocycles. The second-order valence-electron chi connectivity index (χ2n) is 4.21. The fraction of sp³-hybridized carbons (Fsp3) is 0.231. The summed E-state index contributed by atoms with van der Waals surface area (Å²) in [5.74, 6) is 1.20. The van der Waals surface area contributed by atoms with E-state index in [0.29, 0.717) is 10.9 Å². The first-order valence-corrected chi connectivity index (χ1v) is 7.61. The number of benzene rings is 1. The van der Waals surface area contributed by atoms with Crippen molar-refractivity contribution in [2.75, 3.05) is 0 Å². The molecule has 1 atom stereocenters. The number of thiazole rings is 1. The molecular weight excluding hydrogens is 301 g/mol. The van der Waals surface area contributed by atoms with E-state index in [9.17, 15) is 0 Å². The molecule has 6 heteroatoms. The molecule has 3 rings (SSSR count). The summed E-state index contributed by atoms with van der Waals surface area (Å²) in [6.45, 7) is 2.10. The van der Waals surface area contributed by atoms with Gasteiger partial charge in [-0.2, -0.15) is 0 Å². The molecule has 0 bridgehead atoms. The fourth-order valence-corrected chi connectivity index (χ4v) is 3.24. The minimum absolute atomic E-state index is 0.111. The van der Waals surface area contributed by atoms with E-state index in [1.165, 1.54) is 0 Å². The van der Waals surface area contributed by atoms with Crippen molar-refractivity contribution in [2.45, 2.75) is 18.8 Å². The summed E-state index contributed by atoms with van der Waals surface area (Å²) >= 11 is 13.7. The van der Waals surface area contributed by atoms with Crippen LogP contribution in [0.2, 0.25) is 5.02 Å². The topological polar surface area (TPSA) is 30.7 Å². The first-order chi connectivity index (χ1) is 9.20. The number of alkyl halides is 1. The summed E-state index contributed by atoms with van der Waals surface area (Å²) in [6.07, 6.45) is 1.81. The minimum Gasteiger partial charge on any atom is -0.317 e. The van der Waals surface area contributed by atoms with Crippen molar-refractivity contribution in [1.29, 1.82) is 0 Å². The lowest BCUT2D eigenvalue weighted by molar-refractivity contribution is 0.630. The summed E-state index contributed by atoms with van der Waals surface area (Å²) in [6, 6.07) is 5.82. The van der Waals surface area contributed by atoms with Crippen LogP contribution in [0.4, 0.5) is 0 Å². The van der Waals surface area contributed by atoms with Crippen LogP contribution in [0, 0.1) is 0 Å². The molecule has 19 heavy (non-hydrogen) atoms. The molecule has 0 aliphatic heterocycles. The first kappa shape index (κ1) is 12.9. The quantitative estimate of drug-likeness (QED) is 0.667. The number of fused-ring (bicyclic) bond motifs is 1. The molecule has 0 radical (unpaired) electrons. The summed E-state index contributed by atoms with van der Waals surface area (Å²) in [5.41, 5.74) is 1.90. The van der Waals surface area contributed by atoms with Gasteiger partial charge in [0, 0.05) is 16.6 Å². The Labute approximate surface area is 124 Å². The Kier molecular flexibility index (Phi) is 3.48. The van der Waals surface area contributed by atoms with E-state index in [1.54, 1.807) is 11.3 Å². The minimum atomic E-state index is 0.111. The van der Waals surface area contributed by atoms with E-state index in [1.807, 2.05) is 29.8 Å². The number of aromatic nitrogens is 3. The lowest BCUT2D eigenvalue weighted by Crippen LogP contribution is -2.09. The van der Waals surface area contributed by atoms with Crippen molar-refractivity contribution in [3.05, 3.63) is 45.6 Å². The fourth-order valence-electron chi connectivity index (χ4n) is 2.20. The zero-order chi connectivity index (χ0) is 13.4.